The van der Waals surface area contributed by atoms with E-state index in [-0.39, 0.29) is 0 Å². The van der Waals surface area contributed by atoms with Gasteiger partial charge in [-0.2, -0.15) is 0 Å². The van der Waals surface area contributed by atoms with Crippen LogP contribution in [0.5, 0.6) is 5.75 Å². The Labute approximate surface area is 186 Å². The zero-order valence-electron chi connectivity index (χ0n) is 19.9. The average molecular weight is 441 g/mol. The van der Waals surface area contributed by atoms with Gasteiger partial charge in [0.05, 0.1) is 0 Å². The van der Waals surface area contributed by atoms with Crippen LogP contribution in [0.25, 0.3) is 0 Å². The van der Waals surface area contributed by atoms with Gasteiger partial charge < -0.3 is 0 Å². The molecule has 2 N–H and O–H groups in total. The number of unbranched alkanes of at least 4 members (excludes halogenated alkanes) is 14. The number of rotatable bonds is 20. The zero-order chi connectivity index (χ0) is 22.0. The van der Waals surface area contributed by atoms with E-state index in [4.69, 9.17) is 4.52 Å². The number of benzene rings is 1. The maximum absolute atomic E-state index is 11.3. The Balaban J connectivity index is 2.43. The molecule has 0 amide bonds. The first kappa shape index (κ1) is 27.4. The Bertz CT molecular complexity index is 494. The van der Waals surface area contributed by atoms with Crippen LogP contribution in [0.4, 0.5) is 0 Å². The molecular formula is C26H49O3P. The third kappa shape index (κ3) is 13.6. The van der Waals surface area contributed by atoms with E-state index in [0.717, 1.165) is 25.7 Å². The van der Waals surface area contributed by atoms with E-state index in [1.807, 2.05) is 30.3 Å². The van der Waals surface area contributed by atoms with E-state index in [0.29, 0.717) is 18.1 Å². The molecule has 1 aromatic carbocycles. The summed E-state index contributed by atoms with van der Waals surface area (Å²) in [6, 6.07) is 9.36. The normalized spacial score (nSPS) is 13.1. The van der Waals surface area contributed by atoms with Gasteiger partial charge in [-0.05, 0) is 0 Å². The van der Waals surface area contributed by atoms with E-state index in [1.165, 1.54) is 77.0 Å². The van der Waals surface area contributed by atoms with E-state index < -0.39 is 7.28 Å². The SMILES string of the molecule is CCCCCCCCCCP(O)(O)(CCCCCCCCCC)Oc1ccccc1. The molecule has 1 rings (SSSR count). The van der Waals surface area contributed by atoms with Crippen molar-refractivity contribution in [3.63, 3.8) is 0 Å². The van der Waals surface area contributed by atoms with Crippen molar-refractivity contribution in [3.05, 3.63) is 30.3 Å². The van der Waals surface area contributed by atoms with Gasteiger partial charge in [-0.3, -0.25) is 0 Å². The topological polar surface area (TPSA) is 49.7 Å². The molecule has 0 atom stereocenters. The van der Waals surface area contributed by atoms with Crippen LogP contribution in [0.3, 0.4) is 0 Å². The molecule has 0 aliphatic rings. The van der Waals surface area contributed by atoms with Crippen molar-refractivity contribution in [1.29, 1.82) is 0 Å². The van der Waals surface area contributed by atoms with Gasteiger partial charge in [0, 0.05) is 0 Å². The predicted molar refractivity (Wildman–Crippen MR) is 133 cm³/mol. The maximum atomic E-state index is 11.3. The summed E-state index contributed by atoms with van der Waals surface area (Å²) in [6.07, 6.45) is 19.9. The summed E-state index contributed by atoms with van der Waals surface area (Å²) < 4.78 is 5.95. The van der Waals surface area contributed by atoms with Gasteiger partial charge >= 0.3 is 187 Å². The van der Waals surface area contributed by atoms with Gasteiger partial charge in [-0.15, -0.1) is 0 Å². The molecule has 0 saturated heterocycles. The first-order valence-electron chi connectivity index (χ1n) is 12.7. The first-order valence-corrected chi connectivity index (χ1v) is 15.2. The fourth-order valence-electron chi connectivity index (χ4n) is 4.05. The number of para-hydroxylation sites is 1. The monoisotopic (exact) mass is 440 g/mol. The Hall–Kier alpha value is -0.630. The summed E-state index contributed by atoms with van der Waals surface area (Å²) in [6.45, 7) is 4.48. The molecular weight excluding hydrogens is 391 g/mol. The van der Waals surface area contributed by atoms with Crippen LogP contribution in [-0.2, 0) is 0 Å². The van der Waals surface area contributed by atoms with E-state index in [2.05, 4.69) is 13.8 Å². The molecule has 3 nitrogen and oxygen atoms in total. The molecule has 0 aromatic heterocycles. The second kappa shape index (κ2) is 16.1. The van der Waals surface area contributed by atoms with Gasteiger partial charge in [0.15, 0.2) is 0 Å². The minimum absolute atomic E-state index is 0.395. The molecule has 0 spiro atoms. The molecule has 0 saturated carbocycles. The van der Waals surface area contributed by atoms with Crippen LogP contribution in [0.2, 0.25) is 0 Å². The summed E-state index contributed by atoms with van der Waals surface area (Å²) in [4.78, 5) is 22.7. The quantitative estimate of drug-likeness (QED) is 0.158. The Morgan fingerprint density at radius 1 is 0.567 bits per heavy atom. The molecule has 0 heterocycles. The average Bonchev–Trinajstić information content (AvgIpc) is 2.72. The first-order chi connectivity index (χ1) is 14.5. The molecule has 30 heavy (non-hydrogen) atoms. The van der Waals surface area contributed by atoms with Crippen LogP contribution in [0.15, 0.2) is 30.3 Å². The fourth-order valence-corrected chi connectivity index (χ4v) is 6.79. The van der Waals surface area contributed by atoms with Gasteiger partial charge in [-0.25, -0.2) is 0 Å². The number of hydrogen-bond acceptors (Lipinski definition) is 3. The van der Waals surface area contributed by atoms with Crippen LogP contribution in [0, 0.1) is 0 Å². The molecule has 0 fully saturated rings. The zero-order valence-corrected chi connectivity index (χ0v) is 20.8. The van der Waals surface area contributed by atoms with Crippen molar-refractivity contribution in [3.8, 4) is 5.75 Å². The predicted octanol–water partition coefficient (Wildman–Crippen LogP) is 8.63. The molecule has 0 bridgehead atoms. The Morgan fingerprint density at radius 2 is 0.933 bits per heavy atom. The molecule has 0 radical (unpaired) electrons. The minimum atomic E-state index is -4.14. The van der Waals surface area contributed by atoms with Gasteiger partial charge in [0.1, 0.15) is 0 Å². The Kier molecular flexibility index (Phi) is 14.7. The Morgan fingerprint density at radius 3 is 1.33 bits per heavy atom. The van der Waals surface area contributed by atoms with E-state index >= 15 is 0 Å². The summed E-state index contributed by atoms with van der Waals surface area (Å²) >= 11 is 0. The van der Waals surface area contributed by atoms with E-state index in [9.17, 15) is 9.79 Å². The van der Waals surface area contributed by atoms with Gasteiger partial charge in [-0.1, -0.05) is 0 Å². The molecule has 4 heteroatoms. The second-order valence-electron chi connectivity index (χ2n) is 9.10. The van der Waals surface area contributed by atoms with Crippen LogP contribution in [-0.4, -0.2) is 22.1 Å². The second-order valence-corrected chi connectivity index (χ2v) is 12.8. The van der Waals surface area contributed by atoms with E-state index in [1.54, 1.807) is 0 Å². The van der Waals surface area contributed by atoms with Crippen molar-refractivity contribution in [2.75, 3.05) is 12.3 Å². The van der Waals surface area contributed by atoms with Crippen molar-refractivity contribution in [1.82, 2.24) is 0 Å². The summed E-state index contributed by atoms with van der Waals surface area (Å²) in [5.74, 6) is 0.583. The fraction of sp³-hybridized carbons (Fsp3) is 0.769. The molecule has 1 aromatic rings. The van der Waals surface area contributed by atoms with Crippen molar-refractivity contribution < 1.29 is 14.3 Å². The van der Waals surface area contributed by atoms with Crippen LogP contribution < -0.4 is 4.52 Å². The molecule has 0 aliphatic heterocycles. The van der Waals surface area contributed by atoms with Gasteiger partial charge in [0.2, 0.25) is 0 Å². The van der Waals surface area contributed by atoms with Crippen molar-refractivity contribution >= 4 is 7.28 Å². The van der Waals surface area contributed by atoms with Crippen LogP contribution in [0.1, 0.15) is 117 Å². The number of hydrogen-bond donors (Lipinski definition) is 2. The standard InChI is InChI=1S/C26H49O3P/c1-3-5-7-9-11-13-15-20-24-30(27,28,29-26-22-18-17-19-23-26)25-21-16-14-12-10-8-6-4-2/h17-19,22-23,27-28H,3-16,20-21,24-25H2,1-2H3. The van der Waals surface area contributed by atoms with Crippen LogP contribution >= 0.6 is 7.28 Å². The van der Waals surface area contributed by atoms with Gasteiger partial charge in [0.25, 0.3) is 0 Å². The summed E-state index contributed by atoms with van der Waals surface area (Å²) in [7, 11) is -4.14. The third-order valence-electron chi connectivity index (χ3n) is 5.98. The molecule has 0 aliphatic carbocycles. The van der Waals surface area contributed by atoms with Crippen molar-refractivity contribution in [2.45, 2.75) is 117 Å². The summed E-state index contributed by atoms with van der Waals surface area (Å²) in [5, 5.41) is 0. The third-order valence-corrected chi connectivity index (χ3v) is 9.04. The van der Waals surface area contributed by atoms with Crippen molar-refractivity contribution in [2.24, 2.45) is 0 Å². The molecule has 0 unspecified atom stereocenters. The molecule has 176 valence electrons. The summed E-state index contributed by atoms with van der Waals surface area (Å²) in [5.41, 5.74) is 0.